The summed E-state index contributed by atoms with van der Waals surface area (Å²) in [7, 11) is 0. The van der Waals surface area contributed by atoms with E-state index in [0.29, 0.717) is 11.7 Å². The van der Waals surface area contributed by atoms with Crippen molar-refractivity contribution < 1.29 is 4.74 Å². The molecule has 0 unspecified atom stereocenters. The Morgan fingerprint density at radius 2 is 2.00 bits per heavy atom. The highest BCUT2D eigenvalue weighted by Gasteiger charge is 2.12. The van der Waals surface area contributed by atoms with E-state index in [9.17, 15) is 0 Å². The van der Waals surface area contributed by atoms with Crippen molar-refractivity contribution in [3.05, 3.63) is 12.4 Å². The number of hydrogen-bond acceptors (Lipinski definition) is 8. The molecule has 0 aliphatic rings. The normalized spacial score (nSPS) is 10.5. The molecule has 0 radical (unpaired) electrons. The minimum absolute atomic E-state index is 0.176. The zero-order chi connectivity index (χ0) is 15.2. The topological polar surface area (TPSA) is 107 Å². The highest BCUT2D eigenvalue weighted by atomic mass is 16.5. The highest BCUT2D eigenvalue weighted by molar-refractivity contribution is 5.38. The second-order valence-corrected chi connectivity index (χ2v) is 4.19. The third-order valence-electron chi connectivity index (χ3n) is 2.92. The lowest BCUT2D eigenvalue weighted by molar-refractivity contribution is 0.439. The molecule has 2 heterocycles. The lowest BCUT2D eigenvalue weighted by Gasteiger charge is -2.18. The first-order chi connectivity index (χ1) is 10.2. The van der Waals surface area contributed by atoms with Gasteiger partial charge in [0.25, 0.3) is 0 Å². The van der Waals surface area contributed by atoms with Gasteiger partial charge in [0.1, 0.15) is 0 Å². The second-order valence-electron chi connectivity index (χ2n) is 4.19. The van der Waals surface area contributed by atoms with E-state index in [2.05, 4.69) is 25.5 Å². The molecule has 0 saturated carbocycles. The van der Waals surface area contributed by atoms with Crippen LogP contribution in [0.25, 0.3) is 0 Å². The Hall–Kier alpha value is -2.42. The molecule has 0 amide bonds. The van der Waals surface area contributed by atoms with Crippen LogP contribution in [-0.2, 0) is 6.54 Å². The average molecular weight is 292 g/mol. The van der Waals surface area contributed by atoms with Gasteiger partial charge in [0.2, 0.25) is 11.9 Å². The van der Waals surface area contributed by atoms with E-state index in [1.54, 1.807) is 17.1 Å². The molecular formula is C12H20N8O. The summed E-state index contributed by atoms with van der Waals surface area (Å²) in [5, 5.41) is 4.13. The number of nitrogen functional groups attached to an aromatic ring is 1. The molecule has 0 aliphatic carbocycles. The third-order valence-corrected chi connectivity index (χ3v) is 2.92. The van der Waals surface area contributed by atoms with E-state index in [0.717, 1.165) is 19.6 Å². The molecule has 2 rings (SSSR count). The first kappa shape index (κ1) is 15.0. The van der Waals surface area contributed by atoms with E-state index in [1.165, 1.54) is 0 Å². The lowest BCUT2D eigenvalue weighted by atomic mass is 10.5. The minimum atomic E-state index is 0.176. The monoisotopic (exact) mass is 292 g/mol. The summed E-state index contributed by atoms with van der Waals surface area (Å²) >= 11 is 0. The fourth-order valence-electron chi connectivity index (χ4n) is 1.78. The van der Waals surface area contributed by atoms with Gasteiger partial charge >= 0.3 is 6.01 Å². The molecule has 0 fully saturated rings. The fraction of sp³-hybridized carbons (Fsp3) is 0.500. The SMILES string of the molecule is CCN(CC)c1nc(NN)nc(Oc2cnn(CC)c2)n1. The first-order valence-electron chi connectivity index (χ1n) is 6.88. The predicted molar refractivity (Wildman–Crippen MR) is 79.2 cm³/mol. The van der Waals surface area contributed by atoms with Crippen molar-refractivity contribution in [2.45, 2.75) is 27.3 Å². The van der Waals surface area contributed by atoms with Gasteiger partial charge in [0.05, 0.1) is 12.4 Å². The molecule has 21 heavy (non-hydrogen) atoms. The number of hydrazine groups is 1. The molecule has 0 bridgehead atoms. The quantitative estimate of drug-likeness (QED) is 0.575. The van der Waals surface area contributed by atoms with Crippen LogP contribution in [0.15, 0.2) is 12.4 Å². The van der Waals surface area contributed by atoms with Crippen LogP contribution in [0.3, 0.4) is 0 Å². The highest BCUT2D eigenvalue weighted by Crippen LogP contribution is 2.20. The Labute approximate surface area is 123 Å². The maximum atomic E-state index is 5.62. The zero-order valence-electron chi connectivity index (χ0n) is 12.4. The molecule has 114 valence electrons. The summed E-state index contributed by atoms with van der Waals surface area (Å²) in [4.78, 5) is 14.6. The summed E-state index contributed by atoms with van der Waals surface area (Å²) in [5.41, 5.74) is 2.42. The van der Waals surface area contributed by atoms with Crippen LogP contribution in [-0.4, -0.2) is 37.8 Å². The lowest BCUT2D eigenvalue weighted by Crippen LogP contribution is -2.25. The Bertz CT molecular complexity index is 580. The molecule has 2 aromatic rings. The van der Waals surface area contributed by atoms with E-state index >= 15 is 0 Å². The summed E-state index contributed by atoms with van der Waals surface area (Å²) in [6.07, 6.45) is 3.39. The number of hydrogen-bond donors (Lipinski definition) is 2. The summed E-state index contributed by atoms with van der Waals surface area (Å²) < 4.78 is 7.37. The van der Waals surface area contributed by atoms with Gasteiger partial charge in [-0.05, 0) is 20.8 Å². The van der Waals surface area contributed by atoms with Gasteiger partial charge in [-0.1, -0.05) is 0 Å². The van der Waals surface area contributed by atoms with Gasteiger partial charge in [0, 0.05) is 19.6 Å². The number of ether oxygens (including phenoxy) is 1. The third kappa shape index (κ3) is 3.57. The smallest absolute Gasteiger partial charge is 0.328 e. The zero-order valence-corrected chi connectivity index (χ0v) is 12.4. The minimum Gasteiger partial charge on any atom is -0.421 e. The van der Waals surface area contributed by atoms with Gasteiger partial charge in [-0.25, -0.2) is 5.84 Å². The van der Waals surface area contributed by atoms with Crippen molar-refractivity contribution in [3.63, 3.8) is 0 Å². The molecule has 0 aromatic carbocycles. The Kier molecular flexibility index (Phi) is 4.88. The standard InChI is InChI=1S/C12H20N8O/c1-4-19(5-2)11-15-10(18-13)16-12(17-11)21-9-7-14-20(6-3)8-9/h7-8H,4-6,13H2,1-3H3,(H,15,16,17,18). The van der Waals surface area contributed by atoms with Crippen LogP contribution in [0, 0.1) is 0 Å². The molecule has 0 aliphatic heterocycles. The van der Waals surface area contributed by atoms with Crippen LogP contribution < -0.4 is 20.9 Å². The Morgan fingerprint density at radius 1 is 1.24 bits per heavy atom. The number of aromatic nitrogens is 5. The largest absolute Gasteiger partial charge is 0.421 e. The van der Waals surface area contributed by atoms with Crippen LogP contribution in [0.4, 0.5) is 11.9 Å². The van der Waals surface area contributed by atoms with Gasteiger partial charge in [-0.15, -0.1) is 0 Å². The van der Waals surface area contributed by atoms with E-state index < -0.39 is 0 Å². The van der Waals surface area contributed by atoms with Crippen molar-refractivity contribution in [1.82, 2.24) is 24.7 Å². The molecule has 2 aromatic heterocycles. The molecule has 9 nitrogen and oxygen atoms in total. The fourth-order valence-corrected chi connectivity index (χ4v) is 1.78. The maximum absolute atomic E-state index is 5.62. The Balaban J connectivity index is 2.27. The molecule has 0 spiro atoms. The number of nitrogens with two attached hydrogens (primary N) is 1. The van der Waals surface area contributed by atoms with E-state index in [-0.39, 0.29) is 12.0 Å². The van der Waals surface area contributed by atoms with Crippen LogP contribution in [0.5, 0.6) is 11.8 Å². The van der Waals surface area contributed by atoms with Crippen molar-refractivity contribution >= 4 is 11.9 Å². The summed E-state index contributed by atoms with van der Waals surface area (Å²) in [6.45, 7) is 8.36. The second kappa shape index (κ2) is 6.84. The van der Waals surface area contributed by atoms with Crippen LogP contribution in [0.1, 0.15) is 20.8 Å². The number of anilines is 2. The molecule has 0 saturated heterocycles. The van der Waals surface area contributed by atoms with Gasteiger partial charge in [-0.2, -0.15) is 20.1 Å². The van der Waals surface area contributed by atoms with Crippen molar-refractivity contribution in [2.75, 3.05) is 23.4 Å². The van der Waals surface area contributed by atoms with Gasteiger partial charge < -0.3 is 9.64 Å². The molecular weight excluding hydrogens is 272 g/mol. The molecule has 0 atom stereocenters. The van der Waals surface area contributed by atoms with E-state index in [4.69, 9.17) is 10.6 Å². The van der Waals surface area contributed by atoms with Crippen molar-refractivity contribution in [1.29, 1.82) is 0 Å². The maximum Gasteiger partial charge on any atom is 0.328 e. The van der Waals surface area contributed by atoms with Gasteiger partial charge in [0.15, 0.2) is 5.75 Å². The number of nitrogens with one attached hydrogen (secondary N) is 1. The first-order valence-corrected chi connectivity index (χ1v) is 6.88. The Morgan fingerprint density at radius 3 is 2.57 bits per heavy atom. The molecule has 9 heteroatoms. The van der Waals surface area contributed by atoms with Crippen molar-refractivity contribution in [2.24, 2.45) is 5.84 Å². The van der Waals surface area contributed by atoms with E-state index in [1.807, 2.05) is 25.7 Å². The van der Waals surface area contributed by atoms with Crippen LogP contribution in [0.2, 0.25) is 0 Å². The summed E-state index contributed by atoms with van der Waals surface area (Å²) in [6, 6.07) is 0.176. The average Bonchev–Trinajstić information content (AvgIpc) is 2.96. The van der Waals surface area contributed by atoms with Crippen LogP contribution >= 0.6 is 0 Å². The predicted octanol–water partition coefficient (Wildman–Crippen LogP) is 1.01. The number of aryl methyl sites for hydroxylation is 1. The summed E-state index contributed by atoms with van der Waals surface area (Å²) in [5.74, 6) is 6.73. The van der Waals surface area contributed by atoms with Gasteiger partial charge in [-0.3, -0.25) is 10.1 Å². The van der Waals surface area contributed by atoms with Crippen molar-refractivity contribution in [3.8, 4) is 11.8 Å². The molecule has 3 N–H and O–H groups in total. The number of nitrogens with zero attached hydrogens (tertiary/aromatic N) is 6. The number of rotatable bonds is 7.